The number of aliphatic hydroxyl groups is 1. The van der Waals surface area contributed by atoms with Crippen LogP contribution in [0.15, 0.2) is 0 Å². The van der Waals surface area contributed by atoms with Crippen LogP contribution >= 0.6 is 0 Å². The molecule has 5 heteroatoms. The summed E-state index contributed by atoms with van der Waals surface area (Å²) < 4.78 is 10.9. The first-order chi connectivity index (χ1) is 12.6. The Labute approximate surface area is 162 Å². The Balaban J connectivity index is 1.73. The molecule has 5 nitrogen and oxygen atoms in total. The molecule has 4 rings (SSSR count). The number of ether oxygens (including phenoxy) is 2. The highest BCUT2D eigenvalue weighted by Crippen LogP contribution is 2.72. The van der Waals surface area contributed by atoms with Crippen molar-refractivity contribution in [1.82, 2.24) is 0 Å². The molecule has 4 aliphatic carbocycles. The molecule has 4 aliphatic rings. The average molecular weight is 379 g/mol. The zero-order chi connectivity index (χ0) is 19.7. The Kier molecular flexibility index (Phi) is 4.24. The molecular weight excluding hydrogens is 344 g/mol. The van der Waals surface area contributed by atoms with E-state index in [0.29, 0.717) is 18.3 Å². The van der Waals surface area contributed by atoms with Crippen molar-refractivity contribution >= 4 is 11.9 Å². The lowest BCUT2D eigenvalue weighted by Crippen LogP contribution is -2.58. The van der Waals surface area contributed by atoms with Gasteiger partial charge in [-0.2, -0.15) is 0 Å². The number of methoxy groups -OCH3 is 1. The second-order valence-electron chi connectivity index (χ2n) is 10.4. The molecule has 7 unspecified atom stereocenters. The number of fused-ring (bicyclic) bond motifs is 3. The Morgan fingerprint density at radius 1 is 1.04 bits per heavy atom. The average Bonchev–Trinajstić information content (AvgIpc) is 2.80. The number of esters is 2. The largest absolute Gasteiger partial charge is 0.466 e. The molecule has 0 aromatic heterocycles. The lowest BCUT2D eigenvalue weighted by Gasteiger charge is -2.63. The Hall–Kier alpha value is -1.10. The van der Waals surface area contributed by atoms with Gasteiger partial charge in [-0.05, 0) is 74.5 Å². The van der Waals surface area contributed by atoms with Crippen molar-refractivity contribution in [3.63, 3.8) is 0 Å². The third kappa shape index (κ3) is 2.53. The predicted octanol–water partition coefficient (Wildman–Crippen LogP) is 3.62. The Morgan fingerprint density at radius 3 is 2.44 bits per heavy atom. The van der Waals surface area contributed by atoms with Crippen LogP contribution in [0.5, 0.6) is 0 Å². The molecule has 2 bridgehead atoms. The van der Waals surface area contributed by atoms with E-state index < -0.39 is 17.2 Å². The van der Waals surface area contributed by atoms with E-state index in [2.05, 4.69) is 6.92 Å². The molecule has 152 valence electrons. The number of carbonyl (C=O) groups is 2. The first-order valence-electron chi connectivity index (χ1n) is 10.6. The van der Waals surface area contributed by atoms with Crippen LogP contribution in [-0.4, -0.2) is 35.4 Å². The molecule has 27 heavy (non-hydrogen) atoms. The smallest absolute Gasteiger partial charge is 0.350 e. The van der Waals surface area contributed by atoms with Crippen molar-refractivity contribution in [3.05, 3.63) is 0 Å². The fourth-order valence-corrected chi connectivity index (χ4v) is 8.27. The van der Waals surface area contributed by atoms with Gasteiger partial charge in [0.1, 0.15) is 0 Å². The molecule has 0 heterocycles. The maximum atomic E-state index is 12.8. The minimum atomic E-state index is -1.12. The van der Waals surface area contributed by atoms with E-state index >= 15 is 0 Å². The monoisotopic (exact) mass is 378 g/mol. The van der Waals surface area contributed by atoms with Gasteiger partial charge in [0.25, 0.3) is 0 Å². The Morgan fingerprint density at radius 2 is 1.78 bits per heavy atom. The van der Waals surface area contributed by atoms with Gasteiger partial charge < -0.3 is 14.6 Å². The molecule has 4 fully saturated rings. The summed E-state index contributed by atoms with van der Waals surface area (Å²) in [5.74, 6) is 0.0422. The predicted molar refractivity (Wildman–Crippen MR) is 99.7 cm³/mol. The normalized spacial score (nSPS) is 51.1. The third-order valence-corrected chi connectivity index (χ3v) is 9.00. The summed E-state index contributed by atoms with van der Waals surface area (Å²) in [6.45, 7) is 5.78. The van der Waals surface area contributed by atoms with Gasteiger partial charge in [-0.15, -0.1) is 0 Å². The van der Waals surface area contributed by atoms with Crippen molar-refractivity contribution < 1.29 is 24.2 Å². The minimum absolute atomic E-state index is 0.0191. The molecule has 7 atom stereocenters. The summed E-state index contributed by atoms with van der Waals surface area (Å²) in [5, 5.41) is 11.1. The van der Waals surface area contributed by atoms with Crippen LogP contribution in [0.4, 0.5) is 0 Å². The maximum Gasteiger partial charge on any atom is 0.350 e. The molecular formula is C22H34O5. The number of rotatable bonds is 2. The van der Waals surface area contributed by atoms with E-state index in [1.54, 1.807) is 0 Å². The molecule has 0 aromatic carbocycles. The van der Waals surface area contributed by atoms with Crippen LogP contribution in [0.3, 0.4) is 0 Å². The summed E-state index contributed by atoms with van der Waals surface area (Å²) >= 11 is 0. The lowest BCUT2D eigenvalue weighted by molar-refractivity contribution is -0.187. The highest BCUT2D eigenvalue weighted by molar-refractivity contribution is 5.84. The Bertz CT molecular complexity index is 657. The van der Waals surface area contributed by atoms with E-state index in [1.807, 2.05) is 6.92 Å². The number of hydrogen-bond acceptors (Lipinski definition) is 5. The summed E-state index contributed by atoms with van der Waals surface area (Å²) in [6.07, 6.45) is 8.54. The van der Waals surface area contributed by atoms with Gasteiger partial charge in [0, 0.05) is 19.3 Å². The van der Waals surface area contributed by atoms with E-state index in [1.165, 1.54) is 14.0 Å². The molecule has 4 saturated carbocycles. The highest BCUT2D eigenvalue weighted by atomic mass is 16.6. The molecule has 1 spiro atoms. The van der Waals surface area contributed by atoms with Gasteiger partial charge in [-0.25, -0.2) is 4.79 Å². The molecule has 0 radical (unpaired) electrons. The van der Waals surface area contributed by atoms with Crippen molar-refractivity contribution in [2.45, 2.75) is 89.8 Å². The fourth-order valence-electron chi connectivity index (χ4n) is 8.27. The minimum Gasteiger partial charge on any atom is -0.466 e. The van der Waals surface area contributed by atoms with Gasteiger partial charge >= 0.3 is 11.9 Å². The maximum absolute atomic E-state index is 12.8. The van der Waals surface area contributed by atoms with Gasteiger partial charge in [0.15, 0.2) is 0 Å². The van der Waals surface area contributed by atoms with Crippen LogP contribution in [0.1, 0.15) is 78.6 Å². The van der Waals surface area contributed by atoms with Gasteiger partial charge in [-0.1, -0.05) is 13.3 Å². The van der Waals surface area contributed by atoms with Gasteiger partial charge in [0.2, 0.25) is 5.60 Å². The summed E-state index contributed by atoms with van der Waals surface area (Å²) in [4.78, 5) is 24.7. The van der Waals surface area contributed by atoms with E-state index in [0.717, 1.165) is 51.4 Å². The van der Waals surface area contributed by atoms with Crippen LogP contribution < -0.4 is 0 Å². The molecule has 0 aliphatic heterocycles. The standard InChI is InChI=1S/C22H34O5/c1-14(23)27-22(18(24)26-4)13-21-11-8-16-19(2,9-5-10-20(16,3)25)17(21)7-6-15(22)12-21/h15-17,25H,5-13H2,1-4H3. The van der Waals surface area contributed by atoms with E-state index in [-0.39, 0.29) is 22.7 Å². The molecule has 1 N–H and O–H groups in total. The summed E-state index contributed by atoms with van der Waals surface area (Å²) in [7, 11) is 1.39. The second kappa shape index (κ2) is 5.95. The highest BCUT2D eigenvalue weighted by Gasteiger charge is 2.71. The molecule has 0 saturated heterocycles. The van der Waals surface area contributed by atoms with Crippen LogP contribution in [0.25, 0.3) is 0 Å². The summed E-state index contributed by atoms with van der Waals surface area (Å²) in [6, 6.07) is 0. The first-order valence-corrected chi connectivity index (χ1v) is 10.6. The SMILES string of the molecule is COC(=O)C1(OC(C)=O)CC23CCC4C(C)(O)CCCC4(C)C2CCC1C3. The van der Waals surface area contributed by atoms with Gasteiger partial charge in [-0.3, -0.25) is 4.79 Å². The zero-order valence-corrected chi connectivity index (χ0v) is 17.2. The summed E-state index contributed by atoms with van der Waals surface area (Å²) in [5.41, 5.74) is -1.60. The van der Waals surface area contributed by atoms with Crippen LogP contribution in [0.2, 0.25) is 0 Å². The van der Waals surface area contributed by atoms with Crippen molar-refractivity contribution in [2.75, 3.05) is 7.11 Å². The topological polar surface area (TPSA) is 72.8 Å². The first kappa shape index (κ1) is 19.2. The van der Waals surface area contributed by atoms with Crippen LogP contribution in [-0.2, 0) is 19.1 Å². The van der Waals surface area contributed by atoms with Crippen molar-refractivity contribution in [1.29, 1.82) is 0 Å². The quantitative estimate of drug-likeness (QED) is 0.743. The number of hydrogen-bond donors (Lipinski definition) is 1. The molecule has 0 aromatic rings. The lowest BCUT2D eigenvalue weighted by atomic mass is 9.43. The third-order valence-electron chi connectivity index (χ3n) is 9.00. The second-order valence-corrected chi connectivity index (χ2v) is 10.4. The fraction of sp³-hybridized carbons (Fsp3) is 0.909. The molecule has 0 amide bonds. The van der Waals surface area contributed by atoms with Crippen molar-refractivity contribution in [3.8, 4) is 0 Å². The zero-order valence-electron chi connectivity index (χ0n) is 17.2. The van der Waals surface area contributed by atoms with Gasteiger partial charge in [0.05, 0.1) is 12.7 Å². The van der Waals surface area contributed by atoms with E-state index in [4.69, 9.17) is 9.47 Å². The van der Waals surface area contributed by atoms with Crippen molar-refractivity contribution in [2.24, 2.45) is 28.6 Å². The number of carbonyl (C=O) groups excluding carboxylic acids is 2. The van der Waals surface area contributed by atoms with E-state index in [9.17, 15) is 14.7 Å². The van der Waals surface area contributed by atoms with Crippen LogP contribution in [0, 0.1) is 28.6 Å².